The number of nitrogens with one attached hydrogen (secondary N) is 2. The summed E-state index contributed by atoms with van der Waals surface area (Å²) in [5, 5.41) is 5.74. The van der Waals surface area contributed by atoms with Gasteiger partial charge in [-0.1, -0.05) is 0 Å². The molecule has 0 fully saturated rings. The van der Waals surface area contributed by atoms with Gasteiger partial charge in [0.15, 0.2) is 0 Å². The zero-order valence-corrected chi connectivity index (χ0v) is 11.4. The van der Waals surface area contributed by atoms with Gasteiger partial charge in [-0.25, -0.2) is 4.98 Å². The number of rotatable bonds is 9. The molecule has 0 saturated carbocycles. The molecule has 0 bridgehead atoms. The van der Waals surface area contributed by atoms with Crippen LogP contribution in [0.25, 0.3) is 0 Å². The minimum Gasteiger partial charge on any atom is -0.387 e. The second-order valence-corrected chi connectivity index (χ2v) is 3.90. The van der Waals surface area contributed by atoms with E-state index in [0.29, 0.717) is 32.1 Å². The number of anilines is 1. The van der Waals surface area contributed by atoms with Crippen LogP contribution in [-0.4, -0.2) is 51.4 Å². The topological polar surface area (TPSA) is 72.5 Å². The Labute approximate surface area is 113 Å². The predicted octanol–water partition coefficient (Wildman–Crippen LogP) is 0.906. The van der Waals surface area contributed by atoms with Crippen LogP contribution in [0.15, 0.2) is 18.3 Å². The average molecular weight is 267 g/mol. The number of aromatic nitrogens is 1. The van der Waals surface area contributed by atoms with Gasteiger partial charge in [0.25, 0.3) is 5.91 Å². The third-order valence-corrected chi connectivity index (χ3v) is 2.47. The van der Waals surface area contributed by atoms with Gasteiger partial charge in [0.1, 0.15) is 5.69 Å². The standard InChI is InChI=1S/C13H21N3O3/c1-14-11-4-5-12(16-10-11)13(17)15-6-3-7-19-9-8-18-2/h4-5,10,14H,3,6-9H2,1-2H3,(H,15,17). The van der Waals surface area contributed by atoms with Crippen LogP contribution in [0.3, 0.4) is 0 Å². The Morgan fingerprint density at radius 1 is 1.32 bits per heavy atom. The first kappa shape index (κ1) is 15.4. The summed E-state index contributed by atoms with van der Waals surface area (Å²) in [5.74, 6) is -0.167. The van der Waals surface area contributed by atoms with Gasteiger partial charge in [0.05, 0.1) is 25.1 Å². The van der Waals surface area contributed by atoms with Gasteiger partial charge < -0.3 is 20.1 Å². The minimum absolute atomic E-state index is 0.167. The SMILES string of the molecule is CNc1ccc(C(=O)NCCCOCCOC)nc1. The maximum absolute atomic E-state index is 11.7. The van der Waals surface area contributed by atoms with Crippen molar-refractivity contribution in [1.29, 1.82) is 0 Å². The number of hydrogen-bond donors (Lipinski definition) is 2. The molecule has 1 amide bonds. The van der Waals surface area contributed by atoms with E-state index in [-0.39, 0.29) is 5.91 Å². The van der Waals surface area contributed by atoms with E-state index in [2.05, 4.69) is 15.6 Å². The number of hydrogen-bond acceptors (Lipinski definition) is 5. The molecule has 0 radical (unpaired) electrons. The van der Waals surface area contributed by atoms with E-state index >= 15 is 0 Å². The van der Waals surface area contributed by atoms with Crippen LogP contribution in [0.1, 0.15) is 16.9 Å². The van der Waals surface area contributed by atoms with Crippen molar-refractivity contribution in [2.45, 2.75) is 6.42 Å². The number of carbonyl (C=O) groups excluding carboxylic acids is 1. The fourth-order valence-corrected chi connectivity index (χ4v) is 1.39. The first-order chi connectivity index (χ1) is 9.27. The van der Waals surface area contributed by atoms with Crippen molar-refractivity contribution >= 4 is 11.6 Å². The van der Waals surface area contributed by atoms with Gasteiger partial charge in [-0.05, 0) is 18.6 Å². The molecule has 0 aliphatic heterocycles. The van der Waals surface area contributed by atoms with Gasteiger partial charge in [0, 0.05) is 27.3 Å². The lowest BCUT2D eigenvalue weighted by molar-refractivity contribution is 0.0688. The third kappa shape index (κ3) is 6.17. The number of methoxy groups -OCH3 is 1. The van der Waals surface area contributed by atoms with Crippen LogP contribution in [0.2, 0.25) is 0 Å². The molecular weight excluding hydrogens is 246 g/mol. The minimum atomic E-state index is -0.167. The second kappa shape index (κ2) is 9.29. The summed E-state index contributed by atoms with van der Waals surface area (Å²) in [6.45, 7) is 2.35. The van der Waals surface area contributed by atoms with Crippen LogP contribution in [0, 0.1) is 0 Å². The Kier molecular flexibility index (Phi) is 7.53. The van der Waals surface area contributed by atoms with Crippen molar-refractivity contribution in [3.8, 4) is 0 Å². The van der Waals surface area contributed by atoms with Crippen molar-refractivity contribution in [3.05, 3.63) is 24.0 Å². The summed E-state index contributed by atoms with van der Waals surface area (Å²) in [6, 6.07) is 3.51. The van der Waals surface area contributed by atoms with E-state index in [0.717, 1.165) is 12.1 Å². The molecule has 0 aliphatic carbocycles. The van der Waals surface area contributed by atoms with E-state index < -0.39 is 0 Å². The van der Waals surface area contributed by atoms with E-state index in [1.165, 1.54) is 0 Å². The number of ether oxygens (including phenoxy) is 2. The maximum atomic E-state index is 11.7. The Balaban J connectivity index is 2.16. The van der Waals surface area contributed by atoms with E-state index in [4.69, 9.17) is 9.47 Å². The Morgan fingerprint density at radius 2 is 2.16 bits per heavy atom. The number of carbonyl (C=O) groups is 1. The molecule has 0 saturated heterocycles. The molecule has 0 aromatic carbocycles. The molecule has 1 aromatic rings. The highest BCUT2D eigenvalue weighted by molar-refractivity contribution is 5.92. The highest BCUT2D eigenvalue weighted by Crippen LogP contribution is 2.04. The lowest BCUT2D eigenvalue weighted by Crippen LogP contribution is -2.26. The van der Waals surface area contributed by atoms with Gasteiger partial charge >= 0.3 is 0 Å². The zero-order valence-electron chi connectivity index (χ0n) is 11.4. The molecule has 1 heterocycles. The summed E-state index contributed by atoms with van der Waals surface area (Å²) in [4.78, 5) is 15.8. The Morgan fingerprint density at radius 3 is 2.79 bits per heavy atom. The van der Waals surface area contributed by atoms with Crippen molar-refractivity contribution in [2.24, 2.45) is 0 Å². The van der Waals surface area contributed by atoms with E-state index in [1.807, 2.05) is 6.07 Å². The first-order valence-corrected chi connectivity index (χ1v) is 6.26. The summed E-state index contributed by atoms with van der Waals surface area (Å²) in [7, 11) is 3.44. The molecule has 6 nitrogen and oxygen atoms in total. The van der Waals surface area contributed by atoms with Gasteiger partial charge in [-0.15, -0.1) is 0 Å². The number of nitrogens with zero attached hydrogens (tertiary/aromatic N) is 1. The summed E-state index contributed by atoms with van der Waals surface area (Å²) in [5.41, 5.74) is 1.29. The third-order valence-electron chi connectivity index (χ3n) is 2.47. The van der Waals surface area contributed by atoms with E-state index in [9.17, 15) is 4.79 Å². The normalized spacial score (nSPS) is 10.2. The Hall–Kier alpha value is -1.66. The number of pyridine rings is 1. The van der Waals surface area contributed by atoms with E-state index in [1.54, 1.807) is 26.4 Å². The molecular formula is C13H21N3O3. The molecule has 2 N–H and O–H groups in total. The van der Waals surface area contributed by atoms with Crippen LogP contribution in [0.4, 0.5) is 5.69 Å². The van der Waals surface area contributed by atoms with Crippen LogP contribution < -0.4 is 10.6 Å². The van der Waals surface area contributed by atoms with Crippen molar-refractivity contribution < 1.29 is 14.3 Å². The molecule has 0 spiro atoms. The zero-order chi connectivity index (χ0) is 13.9. The molecule has 6 heteroatoms. The molecule has 1 aromatic heterocycles. The summed E-state index contributed by atoms with van der Waals surface area (Å²) >= 11 is 0. The average Bonchev–Trinajstić information content (AvgIpc) is 2.46. The fraction of sp³-hybridized carbons (Fsp3) is 0.538. The van der Waals surface area contributed by atoms with Crippen LogP contribution in [0.5, 0.6) is 0 Å². The summed E-state index contributed by atoms with van der Waals surface area (Å²) in [6.07, 6.45) is 2.40. The lowest BCUT2D eigenvalue weighted by Gasteiger charge is -2.06. The molecule has 19 heavy (non-hydrogen) atoms. The largest absolute Gasteiger partial charge is 0.387 e. The highest BCUT2D eigenvalue weighted by Gasteiger charge is 2.05. The molecule has 1 rings (SSSR count). The van der Waals surface area contributed by atoms with Crippen molar-refractivity contribution in [3.63, 3.8) is 0 Å². The molecule has 0 atom stereocenters. The smallest absolute Gasteiger partial charge is 0.269 e. The van der Waals surface area contributed by atoms with Gasteiger partial charge in [0.2, 0.25) is 0 Å². The van der Waals surface area contributed by atoms with Gasteiger partial charge in [-0.3, -0.25) is 4.79 Å². The predicted molar refractivity (Wildman–Crippen MR) is 73.4 cm³/mol. The quantitative estimate of drug-likeness (QED) is 0.651. The molecule has 106 valence electrons. The van der Waals surface area contributed by atoms with Crippen molar-refractivity contribution in [2.75, 3.05) is 45.8 Å². The first-order valence-electron chi connectivity index (χ1n) is 6.26. The molecule has 0 unspecified atom stereocenters. The van der Waals surface area contributed by atoms with Crippen molar-refractivity contribution in [1.82, 2.24) is 10.3 Å². The lowest BCUT2D eigenvalue weighted by atomic mass is 10.3. The maximum Gasteiger partial charge on any atom is 0.269 e. The van der Waals surface area contributed by atoms with Crippen LogP contribution in [-0.2, 0) is 9.47 Å². The molecule has 0 aliphatic rings. The van der Waals surface area contributed by atoms with Crippen LogP contribution >= 0.6 is 0 Å². The van der Waals surface area contributed by atoms with Gasteiger partial charge in [-0.2, -0.15) is 0 Å². The highest BCUT2D eigenvalue weighted by atomic mass is 16.5. The summed E-state index contributed by atoms with van der Waals surface area (Å²) < 4.78 is 10.1. The Bertz CT molecular complexity index is 368. The second-order valence-electron chi connectivity index (χ2n) is 3.90. The number of amides is 1. The fourth-order valence-electron chi connectivity index (χ4n) is 1.39. The monoisotopic (exact) mass is 267 g/mol.